The molecule has 0 amide bonds. The summed E-state index contributed by atoms with van der Waals surface area (Å²) in [7, 11) is 0. The van der Waals surface area contributed by atoms with Crippen molar-refractivity contribution in [2.75, 3.05) is 0 Å². The van der Waals surface area contributed by atoms with E-state index in [2.05, 4.69) is 0 Å². The molecule has 0 fully saturated rings. The maximum atomic E-state index is 13.0. The van der Waals surface area contributed by atoms with Crippen molar-refractivity contribution in [3.05, 3.63) is 83.1 Å². The number of carbonyl (C=O) groups is 1. The molecule has 104 valence electrons. The Morgan fingerprint density at radius 2 is 1.43 bits per heavy atom. The van der Waals surface area contributed by atoms with Crippen LogP contribution < -0.4 is 0 Å². The van der Waals surface area contributed by atoms with Gasteiger partial charge in [-0.1, -0.05) is 24.3 Å². The van der Waals surface area contributed by atoms with Crippen molar-refractivity contribution >= 4 is 17.6 Å². The number of halogens is 2. The minimum Gasteiger partial charge on any atom is -0.423 e. The second kappa shape index (κ2) is 5.32. The summed E-state index contributed by atoms with van der Waals surface area (Å²) < 4.78 is 31.0. The first-order chi connectivity index (χ1) is 10.1. The van der Waals surface area contributed by atoms with E-state index in [0.29, 0.717) is 22.5 Å². The summed E-state index contributed by atoms with van der Waals surface area (Å²) in [5.74, 6) is -0.815. The fourth-order valence-corrected chi connectivity index (χ4v) is 2.05. The maximum Gasteiger partial charge on any atom is 0.336 e. The van der Waals surface area contributed by atoms with Gasteiger partial charge in [-0.25, -0.2) is 13.6 Å². The number of benzene rings is 2. The monoisotopic (exact) mass is 284 g/mol. The number of hydrogen-bond donors (Lipinski definition) is 0. The Morgan fingerprint density at radius 1 is 0.857 bits per heavy atom. The lowest BCUT2D eigenvalue weighted by Crippen LogP contribution is -1.92. The molecule has 0 saturated heterocycles. The SMILES string of the molecule is O=C1C=C(c2ccc(F)cc2)/C(=C/c2ccc(F)cc2)O1. The summed E-state index contributed by atoms with van der Waals surface area (Å²) in [4.78, 5) is 11.5. The number of cyclic esters (lactones) is 1. The molecule has 2 nitrogen and oxygen atoms in total. The summed E-state index contributed by atoms with van der Waals surface area (Å²) in [6, 6.07) is 11.6. The van der Waals surface area contributed by atoms with E-state index in [-0.39, 0.29) is 11.6 Å². The van der Waals surface area contributed by atoms with Gasteiger partial charge in [-0.15, -0.1) is 0 Å². The molecule has 0 N–H and O–H groups in total. The summed E-state index contributed by atoms with van der Waals surface area (Å²) in [6.07, 6.45) is 2.99. The predicted octanol–water partition coefficient (Wildman–Crippen LogP) is 3.95. The zero-order valence-corrected chi connectivity index (χ0v) is 10.8. The molecule has 0 saturated carbocycles. The average Bonchev–Trinajstić information content (AvgIpc) is 2.83. The van der Waals surface area contributed by atoms with Gasteiger partial charge >= 0.3 is 5.97 Å². The molecular weight excluding hydrogens is 274 g/mol. The maximum absolute atomic E-state index is 13.0. The highest BCUT2D eigenvalue weighted by Gasteiger charge is 2.21. The molecule has 4 heteroatoms. The number of allylic oxidation sites excluding steroid dienone is 1. The Labute approximate surface area is 120 Å². The van der Waals surface area contributed by atoms with Crippen LogP contribution in [0.5, 0.6) is 0 Å². The van der Waals surface area contributed by atoms with Gasteiger partial charge in [0.1, 0.15) is 17.4 Å². The Hall–Kier alpha value is -2.75. The fourth-order valence-electron chi connectivity index (χ4n) is 2.05. The van der Waals surface area contributed by atoms with E-state index in [1.54, 1.807) is 30.3 Å². The van der Waals surface area contributed by atoms with E-state index in [9.17, 15) is 13.6 Å². The lowest BCUT2D eigenvalue weighted by Gasteiger charge is -2.05. The summed E-state index contributed by atoms with van der Waals surface area (Å²) in [5.41, 5.74) is 1.95. The normalized spacial score (nSPS) is 16.0. The predicted molar refractivity (Wildman–Crippen MR) is 74.8 cm³/mol. The Bertz CT molecular complexity index is 741. The molecule has 0 aliphatic carbocycles. The first-order valence-electron chi connectivity index (χ1n) is 6.29. The zero-order chi connectivity index (χ0) is 14.8. The summed E-state index contributed by atoms with van der Waals surface area (Å²) in [6.45, 7) is 0. The van der Waals surface area contributed by atoms with Crippen molar-refractivity contribution in [2.45, 2.75) is 0 Å². The van der Waals surface area contributed by atoms with Crippen LogP contribution in [-0.2, 0) is 9.53 Å². The Morgan fingerprint density at radius 3 is 2.05 bits per heavy atom. The molecule has 1 aliphatic heterocycles. The van der Waals surface area contributed by atoms with Gasteiger partial charge in [0.05, 0.1) is 0 Å². The number of rotatable bonds is 2. The van der Waals surface area contributed by atoms with Gasteiger partial charge in [0.2, 0.25) is 0 Å². The second-order valence-electron chi connectivity index (χ2n) is 4.55. The number of carbonyl (C=O) groups excluding carboxylic acids is 1. The molecule has 3 rings (SSSR count). The van der Waals surface area contributed by atoms with E-state index in [1.165, 1.54) is 30.3 Å². The summed E-state index contributed by atoms with van der Waals surface area (Å²) >= 11 is 0. The van der Waals surface area contributed by atoms with E-state index in [0.717, 1.165) is 0 Å². The van der Waals surface area contributed by atoms with Gasteiger partial charge in [0.15, 0.2) is 0 Å². The van der Waals surface area contributed by atoms with Crippen molar-refractivity contribution in [3.63, 3.8) is 0 Å². The molecular formula is C17H10F2O2. The van der Waals surface area contributed by atoms with Crippen molar-refractivity contribution < 1.29 is 18.3 Å². The van der Waals surface area contributed by atoms with Gasteiger partial charge in [-0.05, 0) is 41.5 Å². The molecule has 2 aromatic carbocycles. The molecule has 0 unspecified atom stereocenters. The quantitative estimate of drug-likeness (QED) is 0.781. The van der Waals surface area contributed by atoms with Crippen LogP contribution in [0.2, 0.25) is 0 Å². The Balaban J connectivity index is 1.98. The van der Waals surface area contributed by atoms with E-state index in [4.69, 9.17) is 4.74 Å². The zero-order valence-electron chi connectivity index (χ0n) is 10.8. The van der Waals surface area contributed by atoms with Crippen LogP contribution in [-0.4, -0.2) is 5.97 Å². The minimum atomic E-state index is -0.484. The molecule has 0 bridgehead atoms. The minimum absolute atomic E-state index is 0.338. The average molecular weight is 284 g/mol. The lowest BCUT2D eigenvalue weighted by molar-refractivity contribution is -0.132. The third kappa shape index (κ3) is 2.89. The fraction of sp³-hybridized carbons (Fsp3) is 0. The Kier molecular flexibility index (Phi) is 3.36. The molecule has 2 aromatic rings. The highest BCUT2D eigenvalue weighted by Crippen LogP contribution is 2.31. The highest BCUT2D eigenvalue weighted by atomic mass is 19.1. The van der Waals surface area contributed by atoms with Gasteiger partial charge in [0, 0.05) is 11.6 Å². The van der Waals surface area contributed by atoms with Crippen LogP contribution in [0.15, 0.2) is 60.4 Å². The molecule has 1 aliphatic rings. The second-order valence-corrected chi connectivity index (χ2v) is 4.55. The third-order valence-electron chi connectivity index (χ3n) is 3.06. The molecule has 0 spiro atoms. The smallest absolute Gasteiger partial charge is 0.336 e. The number of hydrogen-bond acceptors (Lipinski definition) is 2. The van der Waals surface area contributed by atoms with Gasteiger partial charge in [0.25, 0.3) is 0 Å². The van der Waals surface area contributed by atoms with Crippen LogP contribution in [0.3, 0.4) is 0 Å². The standard InChI is InChI=1S/C17H10F2O2/c18-13-5-1-11(2-6-13)9-16-15(10-17(20)21-16)12-3-7-14(19)8-4-12/h1-10H/b16-9-. The molecule has 21 heavy (non-hydrogen) atoms. The van der Waals surface area contributed by atoms with Crippen LogP contribution in [0.25, 0.3) is 11.6 Å². The van der Waals surface area contributed by atoms with Crippen molar-refractivity contribution in [1.29, 1.82) is 0 Å². The first-order valence-corrected chi connectivity index (χ1v) is 6.29. The van der Waals surface area contributed by atoms with Gasteiger partial charge in [-0.2, -0.15) is 0 Å². The van der Waals surface area contributed by atoms with E-state index >= 15 is 0 Å². The molecule has 0 atom stereocenters. The van der Waals surface area contributed by atoms with Crippen molar-refractivity contribution in [2.24, 2.45) is 0 Å². The van der Waals surface area contributed by atoms with Crippen LogP contribution in [0, 0.1) is 11.6 Å². The van der Waals surface area contributed by atoms with Crippen LogP contribution >= 0.6 is 0 Å². The lowest BCUT2D eigenvalue weighted by atomic mass is 10.0. The van der Waals surface area contributed by atoms with Crippen LogP contribution in [0.4, 0.5) is 8.78 Å². The molecule has 1 heterocycles. The van der Waals surface area contributed by atoms with Gasteiger partial charge < -0.3 is 4.74 Å². The number of esters is 1. The number of ether oxygens (including phenoxy) is 1. The van der Waals surface area contributed by atoms with E-state index in [1.807, 2.05) is 0 Å². The third-order valence-corrected chi connectivity index (χ3v) is 3.06. The van der Waals surface area contributed by atoms with E-state index < -0.39 is 5.97 Å². The van der Waals surface area contributed by atoms with Crippen molar-refractivity contribution in [3.8, 4) is 0 Å². The summed E-state index contributed by atoms with van der Waals surface area (Å²) in [5, 5.41) is 0. The first kappa shape index (κ1) is 13.2. The highest BCUT2D eigenvalue weighted by molar-refractivity contribution is 6.03. The molecule has 0 aromatic heterocycles. The van der Waals surface area contributed by atoms with Crippen molar-refractivity contribution in [1.82, 2.24) is 0 Å². The largest absolute Gasteiger partial charge is 0.423 e. The topological polar surface area (TPSA) is 26.3 Å². The van der Waals surface area contributed by atoms with Crippen LogP contribution in [0.1, 0.15) is 11.1 Å². The van der Waals surface area contributed by atoms with Gasteiger partial charge in [-0.3, -0.25) is 0 Å². The molecule has 0 radical (unpaired) electrons.